The van der Waals surface area contributed by atoms with Gasteiger partial charge in [-0.25, -0.2) is 0 Å². The van der Waals surface area contributed by atoms with Crippen molar-refractivity contribution in [3.8, 4) is 0 Å². The summed E-state index contributed by atoms with van der Waals surface area (Å²) in [6, 6.07) is 0. The minimum Gasteiger partial charge on any atom is -0.355 e. The standard InChI is InChI=1S/C9H16N4/c1-3-13(4-2)9-7-5-10-6-8(7)11-12-9/h10H,3-6H2,1-2H3,(H,11,12). The minimum atomic E-state index is 0.934. The van der Waals surface area contributed by atoms with E-state index in [1.807, 2.05) is 0 Å². The molecule has 1 aliphatic heterocycles. The van der Waals surface area contributed by atoms with Crippen LogP contribution in [0.4, 0.5) is 5.82 Å². The van der Waals surface area contributed by atoms with Crippen molar-refractivity contribution in [2.45, 2.75) is 26.9 Å². The molecule has 2 heterocycles. The lowest BCUT2D eigenvalue weighted by atomic mass is 10.2. The van der Waals surface area contributed by atoms with Crippen molar-refractivity contribution < 1.29 is 0 Å². The zero-order chi connectivity index (χ0) is 9.26. The third-order valence-electron chi connectivity index (χ3n) is 2.60. The van der Waals surface area contributed by atoms with Crippen molar-refractivity contribution in [3.05, 3.63) is 11.3 Å². The molecule has 4 nitrogen and oxygen atoms in total. The summed E-state index contributed by atoms with van der Waals surface area (Å²) >= 11 is 0. The fraction of sp³-hybridized carbons (Fsp3) is 0.667. The average molecular weight is 180 g/mol. The predicted octanol–water partition coefficient (Wildman–Crippen LogP) is 0.859. The summed E-state index contributed by atoms with van der Waals surface area (Å²) in [4.78, 5) is 2.28. The molecule has 0 aliphatic carbocycles. The van der Waals surface area contributed by atoms with Gasteiger partial charge < -0.3 is 10.2 Å². The third kappa shape index (κ3) is 1.31. The van der Waals surface area contributed by atoms with Gasteiger partial charge in [-0.3, -0.25) is 5.10 Å². The van der Waals surface area contributed by atoms with Crippen LogP contribution < -0.4 is 10.2 Å². The van der Waals surface area contributed by atoms with Gasteiger partial charge in [0.05, 0.1) is 5.69 Å². The second-order valence-corrected chi connectivity index (χ2v) is 3.28. The molecule has 2 N–H and O–H groups in total. The second kappa shape index (κ2) is 3.38. The number of nitrogens with one attached hydrogen (secondary N) is 2. The highest BCUT2D eigenvalue weighted by Crippen LogP contribution is 2.23. The van der Waals surface area contributed by atoms with E-state index in [-0.39, 0.29) is 0 Å². The van der Waals surface area contributed by atoms with Crippen molar-refractivity contribution in [3.63, 3.8) is 0 Å². The van der Waals surface area contributed by atoms with Crippen LogP contribution in [0.3, 0.4) is 0 Å². The number of anilines is 1. The monoisotopic (exact) mass is 180 g/mol. The summed E-state index contributed by atoms with van der Waals surface area (Å²) in [7, 11) is 0. The molecular weight excluding hydrogens is 164 g/mol. The summed E-state index contributed by atoms with van der Waals surface area (Å²) < 4.78 is 0. The zero-order valence-corrected chi connectivity index (χ0v) is 8.22. The molecule has 0 unspecified atom stereocenters. The van der Waals surface area contributed by atoms with E-state index in [4.69, 9.17) is 0 Å². The SMILES string of the molecule is CCN(CC)c1n[nH]c2c1CNC2. The van der Waals surface area contributed by atoms with Gasteiger partial charge in [-0.15, -0.1) is 0 Å². The normalized spacial score (nSPS) is 14.6. The smallest absolute Gasteiger partial charge is 0.155 e. The molecule has 0 spiro atoms. The van der Waals surface area contributed by atoms with E-state index >= 15 is 0 Å². The Morgan fingerprint density at radius 3 is 2.77 bits per heavy atom. The summed E-state index contributed by atoms with van der Waals surface area (Å²) in [6.07, 6.45) is 0. The number of hydrogen-bond acceptors (Lipinski definition) is 3. The van der Waals surface area contributed by atoms with Crippen LogP contribution in [-0.4, -0.2) is 23.3 Å². The highest BCUT2D eigenvalue weighted by molar-refractivity contribution is 5.50. The number of H-pyrrole nitrogens is 1. The molecule has 0 fully saturated rings. The van der Waals surface area contributed by atoms with E-state index in [2.05, 4.69) is 34.3 Å². The molecular formula is C9H16N4. The van der Waals surface area contributed by atoms with Crippen LogP contribution in [-0.2, 0) is 13.1 Å². The van der Waals surface area contributed by atoms with Crippen LogP contribution in [0.15, 0.2) is 0 Å². The summed E-state index contributed by atoms with van der Waals surface area (Å²) in [5.41, 5.74) is 2.60. The van der Waals surface area contributed by atoms with Crippen LogP contribution in [0.2, 0.25) is 0 Å². The fourth-order valence-electron chi connectivity index (χ4n) is 1.82. The van der Waals surface area contributed by atoms with Gasteiger partial charge in [0.2, 0.25) is 0 Å². The minimum absolute atomic E-state index is 0.934. The Bertz CT molecular complexity index is 288. The fourth-order valence-corrected chi connectivity index (χ4v) is 1.82. The number of hydrogen-bond donors (Lipinski definition) is 2. The van der Waals surface area contributed by atoms with Crippen molar-refractivity contribution in [2.24, 2.45) is 0 Å². The van der Waals surface area contributed by atoms with Crippen LogP contribution in [0.5, 0.6) is 0 Å². The maximum Gasteiger partial charge on any atom is 0.155 e. The van der Waals surface area contributed by atoms with Crippen LogP contribution in [0, 0.1) is 0 Å². The molecule has 0 atom stereocenters. The Morgan fingerprint density at radius 1 is 1.31 bits per heavy atom. The number of fused-ring (bicyclic) bond motifs is 1. The van der Waals surface area contributed by atoms with Gasteiger partial charge in [0.1, 0.15) is 0 Å². The first-order chi connectivity index (χ1) is 6.36. The maximum absolute atomic E-state index is 4.34. The molecule has 1 aromatic heterocycles. The number of aromatic amines is 1. The summed E-state index contributed by atoms with van der Waals surface area (Å²) in [5, 5.41) is 10.7. The highest BCUT2D eigenvalue weighted by Gasteiger charge is 2.20. The molecule has 1 aliphatic rings. The Labute approximate surface area is 78.3 Å². The zero-order valence-electron chi connectivity index (χ0n) is 8.22. The van der Waals surface area contributed by atoms with Gasteiger partial charge in [0.15, 0.2) is 5.82 Å². The number of rotatable bonds is 3. The summed E-state index contributed by atoms with van der Waals surface area (Å²) in [6.45, 7) is 8.25. The lowest BCUT2D eigenvalue weighted by molar-refractivity contribution is 0.732. The van der Waals surface area contributed by atoms with Gasteiger partial charge in [-0.1, -0.05) is 0 Å². The van der Waals surface area contributed by atoms with Crippen molar-refractivity contribution in [2.75, 3.05) is 18.0 Å². The Kier molecular flexibility index (Phi) is 2.22. The number of nitrogens with zero attached hydrogens (tertiary/aromatic N) is 2. The molecule has 0 aromatic carbocycles. The van der Waals surface area contributed by atoms with Gasteiger partial charge in [0, 0.05) is 31.7 Å². The Morgan fingerprint density at radius 2 is 2.08 bits per heavy atom. The molecule has 0 saturated heterocycles. The molecule has 0 amide bonds. The molecule has 0 bridgehead atoms. The molecule has 2 rings (SSSR count). The predicted molar refractivity (Wildman–Crippen MR) is 52.7 cm³/mol. The molecule has 72 valence electrons. The number of aromatic nitrogens is 2. The van der Waals surface area contributed by atoms with E-state index < -0.39 is 0 Å². The molecule has 0 radical (unpaired) electrons. The Hall–Kier alpha value is -1.03. The van der Waals surface area contributed by atoms with Gasteiger partial charge in [-0.2, -0.15) is 5.10 Å². The van der Waals surface area contributed by atoms with E-state index in [1.165, 1.54) is 11.3 Å². The van der Waals surface area contributed by atoms with Crippen molar-refractivity contribution >= 4 is 5.82 Å². The topological polar surface area (TPSA) is 44.0 Å². The third-order valence-corrected chi connectivity index (χ3v) is 2.60. The van der Waals surface area contributed by atoms with E-state index in [0.717, 1.165) is 32.0 Å². The lowest BCUT2D eigenvalue weighted by Crippen LogP contribution is -2.23. The maximum atomic E-state index is 4.34. The average Bonchev–Trinajstić information content (AvgIpc) is 2.70. The lowest BCUT2D eigenvalue weighted by Gasteiger charge is -2.18. The van der Waals surface area contributed by atoms with E-state index in [1.54, 1.807) is 0 Å². The molecule has 4 heteroatoms. The van der Waals surface area contributed by atoms with Gasteiger partial charge >= 0.3 is 0 Å². The van der Waals surface area contributed by atoms with Crippen LogP contribution in [0.25, 0.3) is 0 Å². The quantitative estimate of drug-likeness (QED) is 0.725. The van der Waals surface area contributed by atoms with Gasteiger partial charge in [-0.05, 0) is 13.8 Å². The van der Waals surface area contributed by atoms with Crippen LogP contribution in [0.1, 0.15) is 25.1 Å². The van der Waals surface area contributed by atoms with Crippen LogP contribution >= 0.6 is 0 Å². The van der Waals surface area contributed by atoms with E-state index in [0.29, 0.717) is 0 Å². The first-order valence-corrected chi connectivity index (χ1v) is 4.88. The van der Waals surface area contributed by atoms with Gasteiger partial charge in [0.25, 0.3) is 0 Å². The molecule has 1 aromatic rings. The molecule has 13 heavy (non-hydrogen) atoms. The highest BCUT2D eigenvalue weighted by atomic mass is 15.3. The van der Waals surface area contributed by atoms with E-state index in [9.17, 15) is 0 Å². The molecule has 0 saturated carbocycles. The first kappa shape index (κ1) is 8.56. The summed E-state index contributed by atoms with van der Waals surface area (Å²) in [5.74, 6) is 1.13. The largest absolute Gasteiger partial charge is 0.355 e. The Balaban J connectivity index is 2.29. The van der Waals surface area contributed by atoms with Crippen molar-refractivity contribution in [1.82, 2.24) is 15.5 Å². The van der Waals surface area contributed by atoms with Crippen molar-refractivity contribution in [1.29, 1.82) is 0 Å². The second-order valence-electron chi connectivity index (χ2n) is 3.28. The first-order valence-electron chi connectivity index (χ1n) is 4.88.